The van der Waals surface area contributed by atoms with Gasteiger partial charge in [-0.15, -0.1) is 0 Å². The molecule has 0 radical (unpaired) electrons. The largest absolute Gasteiger partial charge is 0.317 e. The molecule has 0 aromatic carbocycles. The molecule has 0 spiro atoms. The maximum Gasteiger partial charge on any atom is 0.0249 e. The maximum absolute atomic E-state index is 10.9. The molecule has 0 aliphatic heterocycles. The second kappa shape index (κ2) is 5.86. The van der Waals surface area contributed by atoms with E-state index >= 15 is 0 Å². The lowest BCUT2D eigenvalue weighted by atomic mass is 10.3. The zero-order chi connectivity index (χ0) is 7.98. The van der Waals surface area contributed by atoms with E-state index in [0.29, 0.717) is 6.04 Å². The Labute approximate surface area is 65.9 Å². The first kappa shape index (κ1) is 10.1. The average Bonchev–Trinajstić information content (AvgIpc) is 1.99. The van der Waals surface area contributed by atoms with Crippen LogP contribution in [0.1, 0.15) is 20.3 Å². The van der Waals surface area contributed by atoms with E-state index in [0.717, 1.165) is 17.9 Å². The fourth-order valence-electron chi connectivity index (χ4n) is 0.597. The van der Waals surface area contributed by atoms with Crippen LogP contribution in [0.2, 0.25) is 0 Å². The standard InChI is InChI=1S/C7H17NOS/c1-4-10(9)6-5-7(2)8-3/h7-8H,4-6H2,1-3H3. The molecule has 0 heterocycles. The lowest BCUT2D eigenvalue weighted by Gasteiger charge is -2.07. The molecule has 2 unspecified atom stereocenters. The first-order chi connectivity index (χ1) is 4.70. The van der Waals surface area contributed by atoms with Gasteiger partial charge in [0.05, 0.1) is 0 Å². The average molecular weight is 163 g/mol. The van der Waals surface area contributed by atoms with Crippen molar-refractivity contribution in [1.29, 1.82) is 0 Å². The van der Waals surface area contributed by atoms with E-state index in [-0.39, 0.29) is 0 Å². The second-order valence-corrected chi connectivity index (χ2v) is 4.28. The molecule has 0 aromatic rings. The van der Waals surface area contributed by atoms with Gasteiger partial charge in [0, 0.05) is 28.3 Å². The Balaban J connectivity index is 3.26. The van der Waals surface area contributed by atoms with Gasteiger partial charge in [0.2, 0.25) is 0 Å². The van der Waals surface area contributed by atoms with Gasteiger partial charge in [-0.1, -0.05) is 6.92 Å². The van der Waals surface area contributed by atoms with Crippen molar-refractivity contribution < 1.29 is 4.21 Å². The van der Waals surface area contributed by atoms with Crippen LogP contribution in [-0.4, -0.2) is 28.8 Å². The van der Waals surface area contributed by atoms with Crippen LogP contribution in [0, 0.1) is 0 Å². The Morgan fingerprint density at radius 3 is 2.60 bits per heavy atom. The van der Waals surface area contributed by atoms with E-state index in [9.17, 15) is 4.21 Å². The highest BCUT2D eigenvalue weighted by Crippen LogP contribution is 1.92. The van der Waals surface area contributed by atoms with E-state index in [1.165, 1.54) is 0 Å². The molecule has 3 heteroatoms. The van der Waals surface area contributed by atoms with Crippen LogP contribution >= 0.6 is 0 Å². The van der Waals surface area contributed by atoms with Gasteiger partial charge in [0.1, 0.15) is 0 Å². The van der Waals surface area contributed by atoms with E-state index < -0.39 is 10.8 Å². The molecule has 0 fully saturated rings. The van der Waals surface area contributed by atoms with Crippen LogP contribution in [-0.2, 0) is 10.8 Å². The number of rotatable bonds is 5. The summed E-state index contributed by atoms with van der Waals surface area (Å²) in [5.41, 5.74) is 0. The highest BCUT2D eigenvalue weighted by Gasteiger charge is 2.00. The Morgan fingerprint density at radius 2 is 2.20 bits per heavy atom. The van der Waals surface area contributed by atoms with Gasteiger partial charge in [-0.2, -0.15) is 0 Å². The maximum atomic E-state index is 10.9. The third-order valence-corrected chi connectivity index (χ3v) is 2.93. The number of hydrogen-bond acceptors (Lipinski definition) is 2. The van der Waals surface area contributed by atoms with Crippen LogP contribution in [0.15, 0.2) is 0 Å². The van der Waals surface area contributed by atoms with Crippen molar-refractivity contribution in [1.82, 2.24) is 5.32 Å². The number of nitrogens with one attached hydrogen (secondary N) is 1. The van der Waals surface area contributed by atoms with Crippen molar-refractivity contribution in [2.45, 2.75) is 26.3 Å². The third kappa shape index (κ3) is 4.94. The fraction of sp³-hybridized carbons (Fsp3) is 1.00. The van der Waals surface area contributed by atoms with Crippen LogP contribution in [0.3, 0.4) is 0 Å². The van der Waals surface area contributed by atoms with Gasteiger partial charge in [0.15, 0.2) is 0 Å². The van der Waals surface area contributed by atoms with E-state index in [1.54, 1.807) is 0 Å². The summed E-state index contributed by atoms with van der Waals surface area (Å²) in [5, 5.41) is 3.11. The van der Waals surface area contributed by atoms with E-state index in [2.05, 4.69) is 12.2 Å². The molecular weight excluding hydrogens is 146 g/mol. The van der Waals surface area contributed by atoms with E-state index in [1.807, 2.05) is 14.0 Å². The zero-order valence-electron chi connectivity index (χ0n) is 7.02. The predicted octanol–water partition coefficient (Wildman–Crippen LogP) is 0.753. The Hall–Kier alpha value is 0.110. The van der Waals surface area contributed by atoms with Crippen molar-refractivity contribution in [3.8, 4) is 0 Å². The Bertz CT molecular complexity index is 106. The smallest absolute Gasteiger partial charge is 0.0249 e. The Kier molecular flexibility index (Phi) is 5.93. The molecule has 2 nitrogen and oxygen atoms in total. The highest BCUT2D eigenvalue weighted by atomic mass is 32.2. The highest BCUT2D eigenvalue weighted by molar-refractivity contribution is 7.84. The lowest BCUT2D eigenvalue weighted by Crippen LogP contribution is -2.23. The molecule has 62 valence electrons. The molecular formula is C7H17NOS. The van der Waals surface area contributed by atoms with Gasteiger partial charge >= 0.3 is 0 Å². The van der Waals surface area contributed by atoms with Crippen LogP contribution in [0.4, 0.5) is 0 Å². The van der Waals surface area contributed by atoms with Crippen LogP contribution in [0.5, 0.6) is 0 Å². The Morgan fingerprint density at radius 1 is 1.60 bits per heavy atom. The van der Waals surface area contributed by atoms with Crippen molar-refractivity contribution in [2.24, 2.45) is 0 Å². The minimum Gasteiger partial charge on any atom is -0.317 e. The molecule has 0 aliphatic carbocycles. The number of hydrogen-bond donors (Lipinski definition) is 1. The lowest BCUT2D eigenvalue weighted by molar-refractivity contribution is 0.591. The predicted molar refractivity (Wildman–Crippen MR) is 46.7 cm³/mol. The SMILES string of the molecule is CCS(=O)CCC(C)NC. The third-order valence-electron chi connectivity index (χ3n) is 1.59. The van der Waals surface area contributed by atoms with Crippen molar-refractivity contribution in [2.75, 3.05) is 18.6 Å². The topological polar surface area (TPSA) is 29.1 Å². The normalized spacial score (nSPS) is 16.7. The van der Waals surface area contributed by atoms with Crippen molar-refractivity contribution in [3.63, 3.8) is 0 Å². The van der Waals surface area contributed by atoms with Crippen molar-refractivity contribution >= 4 is 10.8 Å². The zero-order valence-corrected chi connectivity index (χ0v) is 7.83. The molecule has 0 saturated carbocycles. The van der Waals surface area contributed by atoms with Gasteiger partial charge in [0.25, 0.3) is 0 Å². The summed E-state index contributed by atoms with van der Waals surface area (Å²) >= 11 is 0. The first-order valence-corrected chi connectivity index (χ1v) is 5.21. The summed E-state index contributed by atoms with van der Waals surface area (Å²) in [6.07, 6.45) is 1.01. The fourth-order valence-corrected chi connectivity index (χ4v) is 1.50. The molecule has 0 saturated heterocycles. The summed E-state index contributed by atoms with van der Waals surface area (Å²) in [6.45, 7) is 4.06. The molecule has 0 aromatic heterocycles. The van der Waals surface area contributed by atoms with Crippen molar-refractivity contribution in [3.05, 3.63) is 0 Å². The second-order valence-electron chi connectivity index (χ2n) is 2.41. The summed E-state index contributed by atoms with van der Waals surface area (Å²) in [6, 6.07) is 0.496. The molecule has 0 aliphatic rings. The minimum absolute atomic E-state index is 0.496. The molecule has 0 amide bonds. The monoisotopic (exact) mass is 163 g/mol. The molecule has 10 heavy (non-hydrogen) atoms. The quantitative estimate of drug-likeness (QED) is 0.648. The summed E-state index contributed by atoms with van der Waals surface area (Å²) < 4.78 is 10.9. The van der Waals surface area contributed by atoms with Gasteiger partial charge < -0.3 is 5.32 Å². The molecule has 1 N–H and O–H groups in total. The molecule has 0 rings (SSSR count). The van der Waals surface area contributed by atoms with Crippen LogP contribution in [0.25, 0.3) is 0 Å². The molecule has 2 atom stereocenters. The van der Waals surface area contributed by atoms with Gasteiger partial charge in [-0.05, 0) is 20.4 Å². The van der Waals surface area contributed by atoms with E-state index in [4.69, 9.17) is 0 Å². The summed E-state index contributed by atoms with van der Waals surface area (Å²) in [4.78, 5) is 0. The van der Waals surface area contributed by atoms with Crippen LogP contribution < -0.4 is 5.32 Å². The first-order valence-electron chi connectivity index (χ1n) is 3.73. The van der Waals surface area contributed by atoms with Gasteiger partial charge in [-0.25, -0.2) is 0 Å². The summed E-state index contributed by atoms with van der Waals surface area (Å²) in [7, 11) is 1.34. The molecule has 0 bridgehead atoms. The van der Waals surface area contributed by atoms with Gasteiger partial charge in [-0.3, -0.25) is 4.21 Å². The summed E-state index contributed by atoms with van der Waals surface area (Å²) in [5.74, 6) is 1.62. The minimum atomic E-state index is -0.589.